The van der Waals surface area contributed by atoms with Crippen molar-refractivity contribution in [2.24, 2.45) is 5.73 Å². The Morgan fingerprint density at radius 3 is 2.81 bits per heavy atom. The molecule has 1 aromatic carbocycles. The number of hydrogen-bond acceptors (Lipinski definition) is 5. The second-order valence-corrected chi connectivity index (χ2v) is 6.37. The van der Waals surface area contributed by atoms with Gasteiger partial charge in [-0.05, 0) is 25.1 Å². The van der Waals surface area contributed by atoms with Gasteiger partial charge in [0.15, 0.2) is 0 Å². The van der Waals surface area contributed by atoms with Crippen LogP contribution in [0.15, 0.2) is 29.4 Å². The van der Waals surface area contributed by atoms with Crippen molar-refractivity contribution >= 4 is 27.2 Å². The number of sulfonamides is 1. The van der Waals surface area contributed by atoms with Crippen LogP contribution in [0.5, 0.6) is 0 Å². The molecule has 4 N–H and O–H groups in total. The first-order chi connectivity index (χ1) is 9.81. The van der Waals surface area contributed by atoms with Crippen LogP contribution >= 0.6 is 12.2 Å². The molecule has 0 aliphatic carbocycles. The Bertz CT molecular complexity index is 761. The fourth-order valence-electron chi connectivity index (χ4n) is 1.64. The number of thiocarbonyl (C=S) groups is 1. The summed E-state index contributed by atoms with van der Waals surface area (Å²) in [6.45, 7) is 1.59. The zero-order chi connectivity index (χ0) is 15.6. The van der Waals surface area contributed by atoms with Crippen LogP contribution in [0, 0.1) is 5.82 Å². The molecule has 1 atom stereocenters. The smallest absolute Gasteiger partial charge is 0.241 e. The van der Waals surface area contributed by atoms with Gasteiger partial charge in [-0.3, -0.25) is 5.10 Å². The molecule has 0 amide bonds. The molecule has 0 saturated heterocycles. The van der Waals surface area contributed by atoms with E-state index < -0.39 is 21.9 Å². The molecular weight excluding hydrogens is 317 g/mol. The van der Waals surface area contributed by atoms with Crippen molar-refractivity contribution < 1.29 is 12.8 Å². The van der Waals surface area contributed by atoms with Crippen LogP contribution in [-0.4, -0.2) is 28.6 Å². The van der Waals surface area contributed by atoms with Crippen molar-refractivity contribution in [3.63, 3.8) is 0 Å². The molecule has 0 aliphatic rings. The molecular formula is C11H12FN5O2S2. The van der Waals surface area contributed by atoms with Gasteiger partial charge >= 0.3 is 0 Å². The number of rotatable bonds is 5. The van der Waals surface area contributed by atoms with E-state index in [2.05, 4.69) is 32.1 Å². The first-order valence-corrected chi connectivity index (χ1v) is 7.67. The fourth-order valence-corrected chi connectivity index (χ4v) is 3.03. The van der Waals surface area contributed by atoms with Crippen molar-refractivity contribution in [1.29, 1.82) is 0 Å². The zero-order valence-electron chi connectivity index (χ0n) is 10.9. The second-order valence-electron chi connectivity index (χ2n) is 4.22. The van der Waals surface area contributed by atoms with Crippen LogP contribution < -0.4 is 10.5 Å². The Hall–Kier alpha value is -1.91. The van der Waals surface area contributed by atoms with Crippen molar-refractivity contribution in [3.8, 4) is 0 Å². The van der Waals surface area contributed by atoms with E-state index in [0.717, 1.165) is 18.2 Å². The van der Waals surface area contributed by atoms with Gasteiger partial charge in [0.1, 0.15) is 23.0 Å². The van der Waals surface area contributed by atoms with Gasteiger partial charge in [-0.2, -0.15) is 5.10 Å². The van der Waals surface area contributed by atoms with Crippen molar-refractivity contribution in [1.82, 2.24) is 19.9 Å². The molecule has 0 saturated carbocycles. The molecule has 0 fully saturated rings. The van der Waals surface area contributed by atoms with Crippen LogP contribution in [0.2, 0.25) is 0 Å². The molecule has 7 nitrogen and oxygen atoms in total. The highest BCUT2D eigenvalue weighted by Crippen LogP contribution is 2.17. The van der Waals surface area contributed by atoms with Gasteiger partial charge in [0.25, 0.3) is 0 Å². The van der Waals surface area contributed by atoms with E-state index in [9.17, 15) is 12.8 Å². The lowest BCUT2D eigenvalue weighted by Crippen LogP contribution is -2.28. The SMILES string of the molecule is CC(NS(=O)(=O)c1ccc(F)c(C(N)=S)c1)c1ncn[nH]1. The minimum atomic E-state index is -3.88. The summed E-state index contributed by atoms with van der Waals surface area (Å²) in [5, 5.41) is 6.20. The van der Waals surface area contributed by atoms with Gasteiger partial charge < -0.3 is 5.73 Å². The van der Waals surface area contributed by atoms with Gasteiger partial charge in [-0.15, -0.1) is 0 Å². The summed E-state index contributed by atoms with van der Waals surface area (Å²) < 4.78 is 40.4. The summed E-state index contributed by atoms with van der Waals surface area (Å²) in [5.74, 6) is -0.319. The van der Waals surface area contributed by atoms with Crippen LogP contribution in [0.4, 0.5) is 4.39 Å². The molecule has 2 aromatic rings. The number of aromatic nitrogens is 3. The number of nitrogens with two attached hydrogens (primary N) is 1. The predicted molar refractivity (Wildman–Crippen MR) is 77.4 cm³/mol. The third-order valence-corrected chi connectivity index (χ3v) is 4.45. The molecule has 1 heterocycles. The Morgan fingerprint density at radius 1 is 1.52 bits per heavy atom. The summed E-state index contributed by atoms with van der Waals surface area (Å²) in [7, 11) is -3.88. The van der Waals surface area contributed by atoms with Crippen LogP contribution in [0.25, 0.3) is 0 Å². The highest BCUT2D eigenvalue weighted by atomic mass is 32.2. The Balaban J connectivity index is 2.32. The summed E-state index contributed by atoms with van der Waals surface area (Å²) in [5.41, 5.74) is 5.23. The Labute approximate surface area is 125 Å². The molecule has 1 aromatic heterocycles. The van der Waals surface area contributed by atoms with E-state index in [4.69, 9.17) is 5.73 Å². The monoisotopic (exact) mass is 329 g/mol. The highest BCUT2D eigenvalue weighted by molar-refractivity contribution is 7.89. The summed E-state index contributed by atoms with van der Waals surface area (Å²) in [4.78, 5) is 3.50. The second kappa shape index (κ2) is 5.84. The van der Waals surface area contributed by atoms with Gasteiger partial charge in [-0.1, -0.05) is 12.2 Å². The number of aromatic amines is 1. The zero-order valence-corrected chi connectivity index (χ0v) is 12.5. The molecule has 0 aliphatic heterocycles. The van der Waals surface area contributed by atoms with E-state index in [0.29, 0.717) is 5.82 Å². The minimum Gasteiger partial charge on any atom is -0.389 e. The van der Waals surface area contributed by atoms with Crippen LogP contribution in [0.3, 0.4) is 0 Å². The maximum atomic E-state index is 13.5. The summed E-state index contributed by atoms with van der Waals surface area (Å²) >= 11 is 4.68. The third-order valence-electron chi connectivity index (χ3n) is 2.69. The van der Waals surface area contributed by atoms with E-state index >= 15 is 0 Å². The topological polar surface area (TPSA) is 114 Å². The number of halogens is 1. The normalized spacial score (nSPS) is 13.0. The largest absolute Gasteiger partial charge is 0.389 e. The lowest BCUT2D eigenvalue weighted by atomic mass is 10.2. The molecule has 0 bridgehead atoms. The van der Waals surface area contributed by atoms with Crippen molar-refractivity contribution in [3.05, 3.63) is 41.7 Å². The molecule has 0 radical (unpaired) electrons. The molecule has 0 spiro atoms. The summed E-state index contributed by atoms with van der Waals surface area (Å²) in [6.07, 6.45) is 1.27. The Morgan fingerprint density at radius 2 is 2.24 bits per heavy atom. The average Bonchev–Trinajstić information content (AvgIpc) is 2.92. The van der Waals surface area contributed by atoms with Gasteiger partial charge in [0.05, 0.1) is 10.9 Å². The molecule has 10 heteroatoms. The standard InChI is InChI=1S/C11H12FN5O2S2/c1-6(11-14-5-15-16-11)17-21(18,19)7-2-3-9(12)8(4-7)10(13)20/h2-6,17H,1H3,(H2,13,20)(H,14,15,16). The third kappa shape index (κ3) is 3.40. The van der Waals surface area contributed by atoms with E-state index in [1.54, 1.807) is 6.92 Å². The lowest BCUT2D eigenvalue weighted by Gasteiger charge is -2.12. The predicted octanol–water partition coefficient (Wildman–Crippen LogP) is 0.618. The van der Waals surface area contributed by atoms with E-state index in [-0.39, 0.29) is 15.4 Å². The maximum absolute atomic E-state index is 13.5. The molecule has 2 rings (SSSR count). The van der Waals surface area contributed by atoms with E-state index in [1.165, 1.54) is 6.33 Å². The number of benzene rings is 1. The number of hydrogen-bond donors (Lipinski definition) is 3. The highest BCUT2D eigenvalue weighted by Gasteiger charge is 2.21. The lowest BCUT2D eigenvalue weighted by molar-refractivity contribution is 0.559. The maximum Gasteiger partial charge on any atom is 0.241 e. The van der Waals surface area contributed by atoms with Crippen LogP contribution in [0.1, 0.15) is 24.4 Å². The van der Waals surface area contributed by atoms with Gasteiger partial charge in [0.2, 0.25) is 10.0 Å². The Kier molecular flexibility index (Phi) is 4.30. The minimum absolute atomic E-state index is 0.125. The first-order valence-electron chi connectivity index (χ1n) is 5.78. The van der Waals surface area contributed by atoms with Gasteiger partial charge in [-0.25, -0.2) is 22.5 Å². The number of H-pyrrole nitrogens is 1. The van der Waals surface area contributed by atoms with Crippen molar-refractivity contribution in [2.45, 2.75) is 17.9 Å². The first kappa shape index (κ1) is 15.5. The van der Waals surface area contributed by atoms with E-state index in [1.807, 2.05) is 0 Å². The molecule has 21 heavy (non-hydrogen) atoms. The number of nitrogens with one attached hydrogen (secondary N) is 2. The molecule has 112 valence electrons. The van der Waals surface area contributed by atoms with Gasteiger partial charge in [0, 0.05) is 5.56 Å². The summed E-state index contributed by atoms with van der Waals surface area (Å²) in [6, 6.07) is 2.60. The van der Waals surface area contributed by atoms with Crippen LogP contribution in [-0.2, 0) is 10.0 Å². The average molecular weight is 329 g/mol. The quantitative estimate of drug-likeness (QED) is 0.693. The number of nitrogens with zero attached hydrogens (tertiary/aromatic N) is 2. The molecule has 1 unspecified atom stereocenters. The van der Waals surface area contributed by atoms with Crippen molar-refractivity contribution in [2.75, 3.05) is 0 Å². The fraction of sp³-hybridized carbons (Fsp3) is 0.182.